The summed E-state index contributed by atoms with van der Waals surface area (Å²) >= 11 is 0. The number of benzene rings is 1. The first kappa shape index (κ1) is 22.6. The average Bonchev–Trinajstić information content (AvgIpc) is 2.70. The van der Waals surface area contributed by atoms with Gasteiger partial charge in [0.05, 0.1) is 4.90 Å². The van der Waals surface area contributed by atoms with Gasteiger partial charge >= 0.3 is 0 Å². The Labute approximate surface area is 170 Å². The van der Waals surface area contributed by atoms with Crippen LogP contribution in [-0.4, -0.2) is 65.1 Å². The number of aryl methyl sites for hydroxylation is 1. The van der Waals surface area contributed by atoms with Gasteiger partial charge in [0.1, 0.15) is 0 Å². The molecule has 1 atom stereocenters. The quantitative estimate of drug-likeness (QED) is 0.328. The number of aliphatic imine (C=N–C) groups is 1. The smallest absolute Gasteiger partial charge is 0.240 e. The summed E-state index contributed by atoms with van der Waals surface area (Å²) in [6, 6.07) is 7.53. The third-order valence-electron chi connectivity index (χ3n) is 5.18. The van der Waals surface area contributed by atoms with Gasteiger partial charge in [0.15, 0.2) is 5.96 Å². The monoisotopic (exact) mass is 409 g/mol. The molecule has 7 nitrogen and oxygen atoms in total. The second-order valence-electron chi connectivity index (χ2n) is 7.23. The van der Waals surface area contributed by atoms with Gasteiger partial charge < -0.3 is 10.6 Å². The van der Waals surface area contributed by atoms with Crippen molar-refractivity contribution in [1.82, 2.24) is 20.3 Å². The minimum absolute atomic E-state index is 0.285. The van der Waals surface area contributed by atoms with E-state index >= 15 is 0 Å². The number of guanidine groups is 1. The Morgan fingerprint density at radius 3 is 2.54 bits per heavy atom. The number of likely N-dealkylation sites (tertiary alicyclic amines) is 1. The number of rotatable bonds is 9. The molecule has 0 saturated carbocycles. The number of hydrogen-bond donors (Lipinski definition) is 3. The van der Waals surface area contributed by atoms with Crippen molar-refractivity contribution in [3.8, 4) is 0 Å². The molecule has 158 valence electrons. The third-order valence-corrected chi connectivity index (χ3v) is 6.65. The summed E-state index contributed by atoms with van der Waals surface area (Å²) in [5, 5.41) is 6.48. The van der Waals surface area contributed by atoms with E-state index < -0.39 is 10.0 Å². The number of sulfonamides is 1. The molecule has 3 N–H and O–H groups in total. The van der Waals surface area contributed by atoms with E-state index in [0.717, 1.165) is 18.7 Å². The number of nitrogens with zero attached hydrogens (tertiary/aromatic N) is 2. The number of nitrogens with one attached hydrogen (secondary N) is 3. The van der Waals surface area contributed by atoms with E-state index in [1.807, 2.05) is 6.92 Å². The normalized spacial score (nSPS) is 18.8. The molecule has 1 unspecified atom stereocenters. The molecule has 1 aromatic rings. The molecule has 28 heavy (non-hydrogen) atoms. The molecule has 0 aromatic heterocycles. The summed E-state index contributed by atoms with van der Waals surface area (Å²) in [7, 11) is -1.76. The van der Waals surface area contributed by atoms with Gasteiger partial charge in [-0.2, -0.15) is 0 Å². The summed E-state index contributed by atoms with van der Waals surface area (Å²) in [5.74, 6) is 0.694. The van der Waals surface area contributed by atoms with E-state index in [1.54, 1.807) is 31.3 Å². The Morgan fingerprint density at radius 1 is 1.14 bits per heavy atom. The van der Waals surface area contributed by atoms with Crippen molar-refractivity contribution >= 4 is 16.0 Å². The molecule has 8 heteroatoms. The van der Waals surface area contributed by atoms with Gasteiger partial charge in [0.25, 0.3) is 0 Å². The Morgan fingerprint density at radius 2 is 1.86 bits per heavy atom. The highest BCUT2D eigenvalue weighted by molar-refractivity contribution is 7.89. The summed E-state index contributed by atoms with van der Waals surface area (Å²) in [5.41, 5.74) is 1.03. The maximum atomic E-state index is 12.3. The van der Waals surface area contributed by atoms with Crippen molar-refractivity contribution < 1.29 is 8.42 Å². The van der Waals surface area contributed by atoms with Gasteiger partial charge in [-0.15, -0.1) is 0 Å². The van der Waals surface area contributed by atoms with E-state index in [1.165, 1.54) is 32.2 Å². The van der Waals surface area contributed by atoms with Crippen LogP contribution in [0, 0.1) is 6.92 Å². The van der Waals surface area contributed by atoms with Crippen molar-refractivity contribution in [3.63, 3.8) is 0 Å². The third kappa shape index (κ3) is 7.07. The molecule has 1 aliphatic rings. The maximum absolute atomic E-state index is 12.3. The van der Waals surface area contributed by atoms with Gasteiger partial charge in [-0.25, -0.2) is 13.1 Å². The Kier molecular flexibility index (Phi) is 9.21. The molecule has 2 rings (SSSR count). The Bertz CT molecular complexity index is 719. The molecular formula is C20H35N5O2S. The molecule has 1 saturated heterocycles. The van der Waals surface area contributed by atoms with Crippen molar-refractivity contribution in [2.45, 2.75) is 50.5 Å². The van der Waals surface area contributed by atoms with E-state index in [-0.39, 0.29) is 4.90 Å². The molecule has 0 spiro atoms. The first-order valence-corrected chi connectivity index (χ1v) is 11.7. The van der Waals surface area contributed by atoms with Crippen molar-refractivity contribution in [2.75, 3.05) is 39.8 Å². The Hall–Kier alpha value is -1.64. The van der Waals surface area contributed by atoms with Crippen LogP contribution in [0.3, 0.4) is 0 Å². The van der Waals surface area contributed by atoms with Crippen LogP contribution in [0.5, 0.6) is 0 Å². The van der Waals surface area contributed by atoms with Gasteiger partial charge in [0.2, 0.25) is 10.0 Å². The standard InChI is InChI=1S/C20H35N5O2S/c1-4-18-7-5-6-15-25(18)16-14-23-20(21-3)22-12-13-24-28(26,27)19-10-8-17(2)9-11-19/h8-11,18,24H,4-7,12-16H2,1-3H3,(H2,21,22,23). The molecular weight excluding hydrogens is 374 g/mol. The fraction of sp³-hybridized carbons (Fsp3) is 0.650. The van der Waals surface area contributed by atoms with Crippen LogP contribution >= 0.6 is 0 Å². The molecule has 1 aromatic carbocycles. The maximum Gasteiger partial charge on any atom is 0.240 e. The number of piperidine rings is 1. The lowest BCUT2D eigenvalue weighted by Gasteiger charge is -2.35. The van der Waals surface area contributed by atoms with E-state index in [0.29, 0.717) is 25.1 Å². The van der Waals surface area contributed by atoms with Crippen molar-refractivity contribution in [1.29, 1.82) is 0 Å². The summed E-state index contributed by atoms with van der Waals surface area (Å²) in [4.78, 5) is 7.05. The first-order valence-electron chi connectivity index (χ1n) is 10.2. The topological polar surface area (TPSA) is 85.8 Å². The summed E-state index contributed by atoms with van der Waals surface area (Å²) in [6.45, 7) is 7.94. The van der Waals surface area contributed by atoms with Crippen LogP contribution in [0.15, 0.2) is 34.2 Å². The van der Waals surface area contributed by atoms with E-state index in [2.05, 4.69) is 32.2 Å². The van der Waals surface area contributed by atoms with Crippen molar-refractivity contribution in [2.24, 2.45) is 4.99 Å². The minimum atomic E-state index is -3.48. The van der Waals surface area contributed by atoms with Crippen LogP contribution < -0.4 is 15.4 Å². The molecule has 0 radical (unpaired) electrons. The molecule has 0 amide bonds. The second-order valence-corrected chi connectivity index (χ2v) is 9.00. The minimum Gasteiger partial charge on any atom is -0.355 e. The summed E-state index contributed by atoms with van der Waals surface area (Å²) in [6.07, 6.45) is 5.12. The van der Waals surface area contributed by atoms with Crippen molar-refractivity contribution in [3.05, 3.63) is 29.8 Å². The zero-order valence-corrected chi connectivity index (χ0v) is 18.2. The van der Waals surface area contributed by atoms with Crippen LogP contribution in [0.1, 0.15) is 38.2 Å². The van der Waals surface area contributed by atoms with Crippen LogP contribution in [0.25, 0.3) is 0 Å². The van der Waals surface area contributed by atoms with Crippen LogP contribution in [-0.2, 0) is 10.0 Å². The highest BCUT2D eigenvalue weighted by Crippen LogP contribution is 2.18. The zero-order chi connectivity index (χ0) is 20.4. The Balaban J connectivity index is 1.68. The lowest BCUT2D eigenvalue weighted by atomic mass is 10.0. The lowest BCUT2D eigenvalue weighted by Crippen LogP contribution is -2.46. The molecule has 0 bridgehead atoms. The first-order chi connectivity index (χ1) is 13.5. The van der Waals surface area contributed by atoms with Gasteiger partial charge in [-0.1, -0.05) is 31.0 Å². The lowest BCUT2D eigenvalue weighted by molar-refractivity contribution is 0.147. The van der Waals surface area contributed by atoms with Crippen LogP contribution in [0.2, 0.25) is 0 Å². The van der Waals surface area contributed by atoms with Gasteiger partial charge in [-0.3, -0.25) is 9.89 Å². The fourth-order valence-corrected chi connectivity index (χ4v) is 4.55. The van der Waals surface area contributed by atoms with Gasteiger partial charge in [-0.05, 0) is 44.9 Å². The van der Waals surface area contributed by atoms with Crippen LogP contribution in [0.4, 0.5) is 0 Å². The SMILES string of the molecule is CCC1CCCCN1CCNC(=NC)NCCNS(=O)(=O)c1ccc(C)cc1. The van der Waals surface area contributed by atoms with E-state index in [9.17, 15) is 8.42 Å². The highest BCUT2D eigenvalue weighted by atomic mass is 32.2. The highest BCUT2D eigenvalue weighted by Gasteiger charge is 2.20. The van der Waals surface area contributed by atoms with E-state index in [4.69, 9.17) is 0 Å². The molecule has 0 aliphatic carbocycles. The average molecular weight is 410 g/mol. The molecule has 1 aliphatic heterocycles. The predicted octanol–water partition coefficient (Wildman–Crippen LogP) is 1.70. The zero-order valence-electron chi connectivity index (χ0n) is 17.4. The molecule has 1 fully saturated rings. The fourth-order valence-electron chi connectivity index (χ4n) is 3.52. The predicted molar refractivity (Wildman–Crippen MR) is 115 cm³/mol. The summed E-state index contributed by atoms with van der Waals surface area (Å²) < 4.78 is 27.2. The van der Waals surface area contributed by atoms with Gasteiger partial charge in [0, 0.05) is 39.3 Å². The largest absolute Gasteiger partial charge is 0.355 e. The second kappa shape index (κ2) is 11.4. The molecule has 1 heterocycles. The number of hydrogen-bond acceptors (Lipinski definition) is 4.